The first-order valence-corrected chi connectivity index (χ1v) is 6.70. The molecule has 0 bridgehead atoms. The lowest BCUT2D eigenvalue weighted by atomic mass is 9.89. The molecule has 0 aromatic rings. The molecule has 0 radical (unpaired) electrons. The third-order valence-electron chi connectivity index (χ3n) is 4.32. The normalized spacial score (nSPS) is 38.8. The first-order chi connectivity index (χ1) is 7.18. The molecule has 1 saturated heterocycles. The number of nitrogens with zero attached hydrogens (tertiary/aromatic N) is 1. The number of rotatable bonds is 2. The summed E-state index contributed by atoms with van der Waals surface area (Å²) in [7, 11) is 0. The van der Waals surface area contributed by atoms with Gasteiger partial charge in [0.25, 0.3) is 0 Å². The fourth-order valence-corrected chi connectivity index (χ4v) is 3.42. The molecule has 1 saturated carbocycles. The van der Waals surface area contributed by atoms with Crippen molar-refractivity contribution in [1.29, 1.82) is 0 Å². The van der Waals surface area contributed by atoms with E-state index in [0.29, 0.717) is 6.04 Å². The second kappa shape index (κ2) is 4.84. The van der Waals surface area contributed by atoms with Crippen LogP contribution in [0.4, 0.5) is 0 Å². The van der Waals surface area contributed by atoms with E-state index < -0.39 is 0 Å². The van der Waals surface area contributed by atoms with Gasteiger partial charge in [-0.15, -0.1) is 0 Å². The van der Waals surface area contributed by atoms with Gasteiger partial charge in [0.1, 0.15) is 0 Å². The highest BCUT2D eigenvalue weighted by Crippen LogP contribution is 2.31. The van der Waals surface area contributed by atoms with Crippen LogP contribution in [0.25, 0.3) is 0 Å². The molecule has 0 amide bonds. The summed E-state index contributed by atoms with van der Waals surface area (Å²) in [6.45, 7) is 6.08. The van der Waals surface area contributed by atoms with Crippen LogP contribution in [0.2, 0.25) is 0 Å². The van der Waals surface area contributed by atoms with Crippen LogP contribution in [0.5, 0.6) is 0 Å². The van der Waals surface area contributed by atoms with Crippen molar-refractivity contribution in [3.8, 4) is 0 Å². The predicted molar refractivity (Wildman–Crippen MR) is 64.8 cm³/mol. The van der Waals surface area contributed by atoms with Crippen LogP contribution < -0.4 is 5.73 Å². The zero-order chi connectivity index (χ0) is 10.8. The van der Waals surface area contributed by atoms with E-state index >= 15 is 0 Å². The van der Waals surface area contributed by atoms with E-state index in [2.05, 4.69) is 18.7 Å². The van der Waals surface area contributed by atoms with Crippen molar-refractivity contribution in [3.63, 3.8) is 0 Å². The first kappa shape index (κ1) is 11.4. The Hall–Kier alpha value is -0.0800. The first-order valence-electron chi connectivity index (χ1n) is 6.70. The van der Waals surface area contributed by atoms with Crippen molar-refractivity contribution in [3.05, 3.63) is 0 Å². The van der Waals surface area contributed by atoms with Crippen LogP contribution in [0.3, 0.4) is 0 Å². The number of nitrogens with two attached hydrogens (primary N) is 1. The molecule has 2 N–H and O–H groups in total. The van der Waals surface area contributed by atoms with Gasteiger partial charge in [0, 0.05) is 18.1 Å². The summed E-state index contributed by atoms with van der Waals surface area (Å²) in [5.74, 6) is 0.822. The van der Waals surface area contributed by atoms with Crippen LogP contribution >= 0.6 is 0 Å². The SMILES string of the molecule is CC(C)C1CCCN1C1CCC(N)CC1. The molecule has 1 heterocycles. The van der Waals surface area contributed by atoms with Gasteiger partial charge >= 0.3 is 0 Å². The fraction of sp³-hybridized carbons (Fsp3) is 1.00. The Balaban J connectivity index is 1.92. The molecule has 1 aliphatic heterocycles. The Morgan fingerprint density at radius 3 is 2.33 bits per heavy atom. The fourth-order valence-electron chi connectivity index (χ4n) is 3.42. The Labute approximate surface area is 94.2 Å². The number of likely N-dealkylation sites (tertiary alicyclic amines) is 1. The molecule has 2 aliphatic rings. The summed E-state index contributed by atoms with van der Waals surface area (Å²) in [5, 5.41) is 0. The summed E-state index contributed by atoms with van der Waals surface area (Å²) in [4.78, 5) is 2.79. The summed E-state index contributed by atoms with van der Waals surface area (Å²) < 4.78 is 0. The predicted octanol–water partition coefficient (Wildman–Crippen LogP) is 2.38. The van der Waals surface area contributed by atoms with E-state index in [1.807, 2.05) is 0 Å². The van der Waals surface area contributed by atoms with Gasteiger partial charge < -0.3 is 5.73 Å². The van der Waals surface area contributed by atoms with Gasteiger partial charge in [-0.3, -0.25) is 4.90 Å². The van der Waals surface area contributed by atoms with E-state index in [0.717, 1.165) is 18.0 Å². The zero-order valence-electron chi connectivity index (χ0n) is 10.3. The maximum Gasteiger partial charge on any atom is 0.0122 e. The number of hydrogen-bond acceptors (Lipinski definition) is 2. The van der Waals surface area contributed by atoms with E-state index in [1.54, 1.807) is 0 Å². The molecule has 2 heteroatoms. The Morgan fingerprint density at radius 1 is 1.07 bits per heavy atom. The summed E-state index contributed by atoms with van der Waals surface area (Å²) >= 11 is 0. The van der Waals surface area contributed by atoms with Gasteiger partial charge in [-0.25, -0.2) is 0 Å². The van der Waals surface area contributed by atoms with Crippen molar-refractivity contribution >= 4 is 0 Å². The molecular weight excluding hydrogens is 184 g/mol. The second-order valence-electron chi connectivity index (χ2n) is 5.76. The van der Waals surface area contributed by atoms with Crippen LogP contribution in [-0.2, 0) is 0 Å². The molecule has 1 aliphatic carbocycles. The minimum atomic E-state index is 0.487. The smallest absolute Gasteiger partial charge is 0.0122 e. The zero-order valence-corrected chi connectivity index (χ0v) is 10.3. The van der Waals surface area contributed by atoms with Crippen molar-refractivity contribution in [2.45, 2.75) is 70.5 Å². The minimum absolute atomic E-state index is 0.487. The molecule has 2 nitrogen and oxygen atoms in total. The maximum atomic E-state index is 5.97. The highest BCUT2D eigenvalue weighted by Gasteiger charge is 2.33. The summed E-state index contributed by atoms with van der Waals surface area (Å²) in [5.41, 5.74) is 5.97. The molecule has 2 fully saturated rings. The standard InChI is InChI=1S/C13H26N2/c1-10(2)13-4-3-9-15(13)12-7-5-11(14)6-8-12/h10-13H,3-9,14H2,1-2H3. The van der Waals surface area contributed by atoms with E-state index in [4.69, 9.17) is 5.73 Å². The molecular formula is C13H26N2. The third-order valence-corrected chi connectivity index (χ3v) is 4.32. The van der Waals surface area contributed by atoms with Gasteiger partial charge in [0.15, 0.2) is 0 Å². The molecule has 0 spiro atoms. The highest BCUT2D eigenvalue weighted by atomic mass is 15.2. The van der Waals surface area contributed by atoms with Crippen LogP contribution in [0.1, 0.15) is 52.4 Å². The van der Waals surface area contributed by atoms with Crippen LogP contribution in [0, 0.1) is 5.92 Å². The van der Waals surface area contributed by atoms with E-state index in [9.17, 15) is 0 Å². The Bertz CT molecular complexity index is 195. The van der Waals surface area contributed by atoms with Gasteiger partial charge in [0.05, 0.1) is 0 Å². The quantitative estimate of drug-likeness (QED) is 0.758. The maximum absolute atomic E-state index is 5.97. The topological polar surface area (TPSA) is 29.3 Å². The Kier molecular flexibility index (Phi) is 3.68. The molecule has 1 atom stereocenters. The largest absolute Gasteiger partial charge is 0.328 e. The molecule has 0 aromatic heterocycles. The average molecular weight is 210 g/mol. The van der Waals surface area contributed by atoms with Gasteiger partial charge in [-0.2, -0.15) is 0 Å². The Morgan fingerprint density at radius 2 is 1.73 bits per heavy atom. The van der Waals surface area contributed by atoms with Gasteiger partial charge in [0.2, 0.25) is 0 Å². The van der Waals surface area contributed by atoms with E-state index in [1.165, 1.54) is 45.1 Å². The average Bonchev–Trinajstić information content (AvgIpc) is 2.67. The lowest BCUT2D eigenvalue weighted by Gasteiger charge is -2.38. The van der Waals surface area contributed by atoms with E-state index in [-0.39, 0.29) is 0 Å². The monoisotopic (exact) mass is 210 g/mol. The molecule has 0 aromatic carbocycles. The van der Waals surface area contributed by atoms with Gasteiger partial charge in [-0.1, -0.05) is 13.8 Å². The molecule has 88 valence electrons. The lowest BCUT2D eigenvalue weighted by Crippen LogP contribution is -2.45. The molecule has 2 rings (SSSR count). The van der Waals surface area contributed by atoms with Crippen molar-refractivity contribution in [1.82, 2.24) is 4.90 Å². The molecule has 1 unspecified atom stereocenters. The van der Waals surface area contributed by atoms with Crippen molar-refractivity contribution < 1.29 is 0 Å². The summed E-state index contributed by atoms with van der Waals surface area (Å²) in [6.07, 6.45) is 7.98. The van der Waals surface area contributed by atoms with Crippen molar-refractivity contribution in [2.75, 3.05) is 6.54 Å². The second-order valence-corrected chi connectivity index (χ2v) is 5.76. The van der Waals surface area contributed by atoms with Gasteiger partial charge in [-0.05, 0) is 51.0 Å². The van der Waals surface area contributed by atoms with Crippen molar-refractivity contribution in [2.24, 2.45) is 11.7 Å². The highest BCUT2D eigenvalue weighted by molar-refractivity contribution is 4.89. The van der Waals surface area contributed by atoms with Crippen LogP contribution in [-0.4, -0.2) is 29.6 Å². The minimum Gasteiger partial charge on any atom is -0.328 e. The number of hydrogen-bond donors (Lipinski definition) is 1. The summed E-state index contributed by atoms with van der Waals surface area (Å²) in [6, 6.07) is 2.19. The third kappa shape index (κ3) is 2.54. The molecule has 15 heavy (non-hydrogen) atoms. The lowest BCUT2D eigenvalue weighted by molar-refractivity contribution is 0.112. The van der Waals surface area contributed by atoms with Crippen LogP contribution in [0.15, 0.2) is 0 Å².